The summed E-state index contributed by atoms with van der Waals surface area (Å²) in [5.74, 6) is 0.299. The first-order valence-electron chi connectivity index (χ1n) is 8.96. The van der Waals surface area contributed by atoms with Crippen LogP contribution >= 0.6 is 0 Å². The van der Waals surface area contributed by atoms with Crippen molar-refractivity contribution in [1.29, 1.82) is 0 Å². The Morgan fingerprint density at radius 2 is 2.00 bits per heavy atom. The van der Waals surface area contributed by atoms with Gasteiger partial charge in [-0.05, 0) is 38.8 Å². The Bertz CT molecular complexity index is 953. The highest BCUT2D eigenvalue weighted by Crippen LogP contribution is 2.43. The van der Waals surface area contributed by atoms with Gasteiger partial charge in [-0.3, -0.25) is 9.78 Å². The maximum Gasteiger partial charge on any atom is 0.248 e. The van der Waals surface area contributed by atoms with Gasteiger partial charge in [0.15, 0.2) is 5.76 Å². The van der Waals surface area contributed by atoms with Crippen LogP contribution < -0.4 is 0 Å². The molecule has 8 nitrogen and oxygen atoms in total. The minimum absolute atomic E-state index is 0.0182. The van der Waals surface area contributed by atoms with Crippen LogP contribution in [0.4, 0.5) is 0 Å². The highest BCUT2D eigenvalue weighted by molar-refractivity contribution is 7.89. The Morgan fingerprint density at radius 1 is 1.22 bits per heavy atom. The summed E-state index contributed by atoms with van der Waals surface area (Å²) in [6, 6.07) is 5.62. The van der Waals surface area contributed by atoms with Crippen molar-refractivity contribution < 1.29 is 17.7 Å². The lowest BCUT2D eigenvalue weighted by atomic mass is 9.86. The molecule has 1 atom stereocenters. The SMILES string of the molecule is Cc1noc(C)c1S(=O)(=O)N1CCC2(CCN(Cc3ccccn3)C2=O)C1. The van der Waals surface area contributed by atoms with Crippen LogP contribution in [-0.4, -0.2) is 53.3 Å². The van der Waals surface area contributed by atoms with Gasteiger partial charge in [0, 0.05) is 25.8 Å². The second-order valence-corrected chi connectivity index (χ2v) is 9.19. The molecule has 2 saturated heterocycles. The molecule has 27 heavy (non-hydrogen) atoms. The van der Waals surface area contributed by atoms with E-state index < -0.39 is 15.4 Å². The fourth-order valence-corrected chi connectivity index (χ4v) is 5.94. The topological polar surface area (TPSA) is 96.6 Å². The average Bonchev–Trinajstić information content (AvgIpc) is 3.31. The summed E-state index contributed by atoms with van der Waals surface area (Å²) in [6.45, 7) is 4.82. The molecule has 0 aromatic carbocycles. The van der Waals surface area contributed by atoms with Gasteiger partial charge in [-0.1, -0.05) is 11.2 Å². The van der Waals surface area contributed by atoms with Crippen LogP contribution in [0.2, 0.25) is 0 Å². The van der Waals surface area contributed by atoms with Crippen LogP contribution in [0.1, 0.15) is 30.0 Å². The van der Waals surface area contributed by atoms with Crippen molar-refractivity contribution in [2.45, 2.75) is 38.1 Å². The molecule has 4 rings (SSSR count). The van der Waals surface area contributed by atoms with E-state index in [0.29, 0.717) is 38.2 Å². The highest BCUT2D eigenvalue weighted by atomic mass is 32.2. The highest BCUT2D eigenvalue weighted by Gasteiger charge is 2.53. The Kier molecular flexibility index (Phi) is 4.31. The number of carbonyl (C=O) groups excluding carboxylic acids is 1. The Balaban J connectivity index is 1.53. The molecule has 2 aliphatic rings. The molecule has 2 fully saturated rings. The molecule has 1 amide bonds. The van der Waals surface area contributed by atoms with Crippen molar-refractivity contribution >= 4 is 15.9 Å². The molecule has 4 heterocycles. The van der Waals surface area contributed by atoms with Gasteiger partial charge in [0.25, 0.3) is 0 Å². The maximum atomic E-state index is 13.1. The Hall–Kier alpha value is -2.26. The van der Waals surface area contributed by atoms with E-state index in [4.69, 9.17) is 4.52 Å². The first-order valence-corrected chi connectivity index (χ1v) is 10.4. The minimum atomic E-state index is -3.73. The molecule has 0 bridgehead atoms. The van der Waals surface area contributed by atoms with Gasteiger partial charge in [0.05, 0.1) is 17.7 Å². The third-order valence-corrected chi connectivity index (χ3v) is 7.65. The van der Waals surface area contributed by atoms with Crippen molar-refractivity contribution in [2.75, 3.05) is 19.6 Å². The number of amides is 1. The summed E-state index contributed by atoms with van der Waals surface area (Å²) in [5, 5.41) is 3.75. The van der Waals surface area contributed by atoms with Gasteiger partial charge < -0.3 is 9.42 Å². The quantitative estimate of drug-likeness (QED) is 0.785. The number of nitrogens with zero attached hydrogens (tertiary/aromatic N) is 4. The molecule has 0 N–H and O–H groups in total. The van der Waals surface area contributed by atoms with Crippen LogP contribution in [0.5, 0.6) is 0 Å². The third kappa shape index (κ3) is 2.94. The number of aryl methyl sites for hydroxylation is 2. The zero-order valence-electron chi connectivity index (χ0n) is 15.4. The predicted molar refractivity (Wildman–Crippen MR) is 96.1 cm³/mol. The lowest BCUT2D eigenvalue weighted by Crippen LogP contribution is -2.38. The van der Waals surface area contributed by atoms with Crippen LogP contribution in [0.15, 0.2) is 33.8 Å². The molecule has 2 aromatic heterocycles. The number of carbonyl (C=O) groups is 1. The molecule has 0 saturated carbocycles. The lowest BCUT2D eigenvalue weighted by molar-refractivity contribution is -0.135. The average molecular weight is 390 g/mol. The zero-order chi connectivity index (χ0) is 19.2. The van der Waals surface area contributed by atoms with E-state index in [-0.39, 0.29) is 23.1 Å². The summed E-state index contributed by atoms with van der Waals surface area (Å²) in [7, 11) is -3.73. The number of hydrogen-bond acceptors (Lipinski definition) is 6. The number of aromatic nitrogens is 2. The summed E-state index contributed by atoms with van der Waals surface area (Å²) in [5.41, 5.74) is 0.546. The van der Waals surface area contributed by atoms with Gasteiger partial charge in [0.2, 0.25) is 15.9 Å². The molecule has 1 spiro atoms. The summed E-state index contributed by atoms with van der Waals surface area (Å²) >= 11 is 0. The second kappa shape index (κ2) is 6.42. The van der Waals surface area contributed by atoms with Gasteiger partial charge >= 0.3 is 0 Å². The van der Waals surface area contributed by atoms with Gasteiger partial charge in [-0.25, -0.2) is 8.42 Å². The lowest BCUT2D eigenvalue weighted by Gasteiger charge is -2.23. The molecule has 0 radical (unpaired) electrons. The number of rotatable bonds is 4. The summed E-state index contributed by atoms with van der Waals surface area (Å²) in [6.07, 6.45) is 2.90. The standard InChI is InChI=1S/C18H22N4O4S/c1-13-16(14(2)26-20-13)27(24,25)22-10-7-18(12-22)6-9-21(17(18)23)11-15-5-3-4-8-19-15/h3-5,8H,6-7,9-12H2,1-2H3. The Morgan fingerprint density at radius 3 is 2.67 bits per heavy atom. The van der Waals surface area contributed by atoms with E-state index in [1.54, 1.807) is 24.9 Å². The smallest absolute Gasteiger partial charge is 0.248 e. The molecule has 9 heteroatoms. The van der Waals surface area contributed by atoms with Crippen molar-refractivity contribution in [3.05, 3.63) is 41.5 Å². The molecular weight excluding hydrogens is 368 g/mol. The normalized spacial score (nSPS) is 23.6. The first-order chi connectivity index (χ1) is 12.8. The third-order valence-electron chi connectivity index (χ3n) is 5.56. The fourth-order valence-electron chi connectivity index (χ4n) is 4.12. The summed E-state index contributed by atoms with van der Waals surface area (Å²) < 4.78 is 32.5. The van der Waals surface area contributed by atoms with Gasteiger partial charge in [-0.2, -0.15) is 4.31 Å². The van der Waals surface area contributed by atoms with Crippen molar-refractivity contribution in [3.8, 4) is 0 Å². The summed E-state index contributed by atoms with van der Waals surface area (Å²) in [4.78, 5) is 19.3. The zero-order valence-corrected chi connectivity index (χ0v) is 16.2. The van der Waals surface area contributed by atoms with Crippen LogP contribution in [-0.2, 0) is 21.4 Å². The number of pyridine rings is 1. The van der Waals surface area contributed by atoms with Crippen molar-refractivity contribution in [1.82, 2.24) is 19.3 Å². The molecule has 2 aromatic rings. The van der Waals surface area contributed by atoms with E-state index in [1.807, 2.05) is 18.2 Å². The number of likely N-dealkylation sites (tertiary alicyclic amines) is 1. The number of sulfonamides is 1. The fraction of sp³-hybridized carbons (Fsp3) is 0.500. The number of hydrogen-bond donors (Lipinski definition) is 0. The molecule has 1 unspecified atom stereocenters. The molecule has 144 valence electrons. The van der Waals surface area contributed by atoms with E-state index in [9.17, 15) is 13.2 Å². The van der Waals surface area contributed by atoms with Gasteiger partial charge in [0.1, 0.15) is 10.6 Å². The predicted octanol–water partition coefficient (Wildman–Crippen LogP) is 1.50. The van der Waals surface area contributed by atoms with E-state index in [1.165, 1.54) is 4.31 Å². The Labute approximate surface area is 158 Å². The molecule has 2 aliphatic heterocycles. The van der Waals surface area contributed by atoms with Crippen molar-refractivity contribution in [2.24, 2.45) is 5.41 Å². The van der Waals surface area contributed by atoms with E-state index in [0.717, 1.165) is 5.69 Å². The maximum absolute atomic E-state index is 13.1. The monoisotopic (exact) mass is 390 g/mol. The minimum Gasteiger partial charge on any atom is -0.360 e. The van der Waals surface area contributed by atoms with E-state index in [2.05, 4.69) is 10.1 Å². The van der Waals surface area contributed by atoms with Gasteiger partial charge in [-0.15, -0.1) is 0 Å². The van der Waals surface area contributed by atoms with E-state index >= 15 is 0 Å². The van der Waals surface area contributed by atoms with Crippen LogP contribution in [0.3, 0.4) is 0 Å². The molecular formula is C18H22N4O4S. The van der Waals surface area contributed by atoms with Crippen LogP contribution in [0.25, 0.3) is 0 Å². The largest absolute Gasteiger partial charge is 0.360 e. The molecule has 0 aliphatic carbocycles. The first kappa shape index (κ1) is 18.1. The van der Waals surface area contributed by atoms with Crippen molar-refractivity contribution in [3.63, 3.8) is 0 Å². The second-order valence-electron chi connectivity index (χ2n) is 7.32. The van der Waals surface area contributed by atoms with Crippen LogP contribution in [0, 0.1) is 19.3 Å².